The van der Waals surface area contributed by atoms with Crippen molar-refractivity contribution in [2.45, 2.75) is 6.54 Å². The van der Waals surface area contributed by atoms with E-state index < -0.39 is 0 Å². The fourth-order valence-electron chi connectivity index (χ4n) is 1.36. The van der Waals surface area contributed by atoms with Crippen LogP contribution in [0.25, 0.3) is 0 Å². The van der Waals surface area contributed by atoms with Crippen LogP contribution >= 0.6 is 27.3 Å². The minimum Gasteiger partial charge on any atom is -0.379 e. The van der Waals surface area contributed by atoms with E-state index in [9.17, 15) is 4.79 Å². The van der Waals surface area contributed by atoms with Crippen molar-refractivity contribution in [1.82, 2.24) is 20.9 Å². The Kier molecular flexibility index (Phi) is 4.88. The van der Waals surface area contributed by atoms with Crippen LogP contribution in [0.4, 0.5) is 5.82 Å². The van der Waals surface area contributed by atoms with Crippen LogP contribution in [-0.2, 0) is 6.54 Å². The van der Waals surface area contributed by atoms with E-state index in [2.05, 4.69) is 47.6 Å². The summed E-state index contributed by atoms with van der Waals surface area (Å²) >= 11 is 5.06. The van der Waals surface area contributed by atoms with Crippen LogP contribution in [0.3, 0.4) is 0 Å². The van der Waals surface area contributed by atoms with Gasteiger partial charge in [-0.2, -0.15) is 0 Å². The van der Waals surface area contributed by atoms with Gasteiger partial charge >= 0.3 is 0 Å². The van der Waals surface area contributed by atoms with Crippen molar-refractivity contribution in [3.8, 4) is 0 Å². The second kappa shape index (κ2) is 6.64. The Hall–Kier alpha value is -1.45. The monoisotopic (exact) mass is 345 g/mol. The van der Waals surface area contributed by atoms with Crippen LogP contribution in [0.2, 0.25) is 0 Å². The number of carbonyl (C=O) groups excluding carboxylic acids is 1. The first-order chi connectivity index (χ1) is 9.16. The van der Waals surface area contributed by atoms with Gasteiger partial charge in [-0.1, -0.05) is 0 Å². The summed E-state index contributed by atoms with van der Waals surface area (Å²) in [5.41, 5.74) is 5.42. The average molecular weight is 346 g/mol. The third-order valence-electron chi connectivity index (χ3n) is 2.24. The van der Waals surface area contributed by atoms with Gasteiger partial charge < -0.3 is 16.4 Å². The van der Waals surface area contributed by atoms with Crippen molar-refractivity contribution in [3.63, 3.8) is 0 Å². The predicted molar refractivity (Wildman–Crippen MR) is 74.8 cm³/mol. The van der Waals surface area contributed by atoms with Gasteiger partial charge in [0.05, 0.1) is 0 Å². The molecule has 2 aromatic heterocycles. The zero-order chi connectivity index (χ0) is 13.7. The third-order valence-corrected chi connectivity index (χ3v) is 3.93. The lowest BCUT2D eigenvalue weighted by molar-refractivity contribution is 0.0944. The molecule has 2 aromatic rings. The Balaban J connectivity index is 1.64. The molecule has 0 saturated carbocycles. The molecule has 4 N–H and O–H groups in total. The summed E-state index contributed by atoms with van der Waals surface area (Å²) in [4.78, 5) is 12.8. The molecule has 2 heterocycles. The summed E-state index contributed by atoms with van der Waals surface area (Å²) < 4.78 is 5.43. The second-order valence-corrected chi connectivity index (χ2v) is 5.57. The number of carbonyl (C=O) groups is 1. The summed E-state index contributed by atoms with van der Waals surface area (Å²) in [5, 5.41) is 14.7. The maximum Gasteiger partial charge on any atom is 0.277 e. The summed E-state index contributed by atoms with van der Waals surface area (Å²) in [6, 6.07) is 2.05. The highest BCUT2D eigenvalue weighted by atomic mass is 79.9. The van der Waals surface area contributed by atoms with Gasteiger partial charge in [-0.3, -0.25) is 4.79 Å². The van der Waals surface area contributed by atoms with Gasteiger partial charge in [0.1, 0.15) is 0 Å². The number of anilines is 1. The molecule has 7 nitrogen and oxygen atoms in total. The molecule has 0 bridgehead atoms. The van der Waals surface area contributed by atoms with Gasteiger partial charge in [0, 0.05) is 34.4 Å². The zero-order valence-corrected chi connectivity index (χ0v) is 12.3. The highest BCUT2D eigenvalue weighted by molar-refractivity contribution is 9.10. The maximum atomic E-state index is 11.6. The molecule has 0 aliphatic carbocycles. The summed E-state index contributed by atoms with van der Waals surface area (Å²) in [5.74, 6) is -0.395. The Morgan fingerprint density at radius 2 is 2.32 bits per heavy atom. The molecule has 0 aliphatic rings. The lowest BCUT2D eigenvalue weighted by Crippen LogP contribution is -2.32. The molecule has 0 aliphatic heterocycles. The lowest BCUT2D eigenvalue weighted by atomic mass is 10.4. The minimum absolute atomic E-state index is 0.00565. The molecule has 0 unspecified atom stereocenters. The number of amides is 1. The Morgan fingerprint density at radius 3 is 2.95 bits per heavy atom. The Labute approximate surface area is 121 Å². The van der Waals surface area contributed by atoms with Crippen molar-refractivity contribution in [2.24, 2.45) is 0 Å². The van der Waals surface area contributed by atoms with Gasteiger partial charge in [-0.05, 0) is 32.3 Å². The number of nitrogens with one attached hydrogen (secondary N) is 2. The van der Waals surface area contributed by atoms with E-state index >= 15 is 0 Å². The van der Waals surface area contributed by atoms with Crippen LogP contribution in [0.15, 0.2) is 20.5 Å². The predicted octanol–water partition coefficient (Wildman–Crippen LogP) is 0.995. The lowest BCUT2D eigenvalue weighted by Gasteiger charge is -2.04. The van der Waals surface area contributed by atoms with Crippen LogP contribution in [0, 0.1) is 0 Å². The summed E-state index contributed by atoms with van der Waals surface area (Å²) in [6.45, 7) is 1.88. The number of halogens is 1. The molecule has 0 atom stereocenters. The molecule has 9 heteroatoms. The van der Waals surface area contributed by atoms with Gasteiger partial charge in [-0.15, -0.1) is 11.3 Å². The minimum atomic E-state index is -0.389. The van der Waals surface area contributed by atoms with Gasteiger partial charge in [0.2, 0.25) is 11.5 Å². The normalized spacial score (nSPS) is 10.6. The van der Waals surface area contributed by atoms with E-state index in [1.54, 1.807) is 11.3 Å². The van der Waals surface area contributed by atoms with Crippen molar-refractivity contribution in [3.05, 3.63) is 26.5 Å². The topological polar surface area (TPSA) is 106 Å². The molecule has 0 spiro atoms. The fraction of sp³-hybridized carbons (Fsp3) is 0.300. The first-order valence-corrected chi connectivity index (χ1v) is 7.14. The van der Waals surface area contributed by atoms with E-state index in [0.29, 0.717) is 13.1 Å². The first-order valence-electron chi connectivity index (χ1n) is 5.46. The summed E-state index contributed by atoms with van der Waals surface area (Å²) in [7, 11) is 0. The number of rotatable bonds is 6. The number of aromatic nitrogens is 2. The van der Waals surface area contributed by atoms with E-state index in [4.69, 9.17) is 5.73 Å². The molecule has 1 amide bonds. The van der Waals surface area contributed by atoms with E-state index in [1.165, 1.54) is 4.88 Å². The number of thiophene rings is 1. The summed E-state index contributed by atoms with van der Waals surface area (Å²) in [6.07, 6.45) is 0. The van der Waals surface area contributed by atoms with Crippen LogP contribution in [0.1, 0.15) is 15.4 Å². The molecule has 102 valence electrons. The SMILES string of the molecule is Nc1nonc1C(=O)NCCNCc1cc(Br)cs1. The standard InChI is InChI=1S/C10H12BrN5O2S/c11-6-3-7(19-5-6)4-13-1-2-14-10(17)8-9(12)16-18-15-8/h3,5,13H,1-2,4H2,(H2,12,16)(H,14,17). The number of nitrogens with zero attached hydrogens (tertiary/aromatic N) is 2. The molecule has 19 heavy (non-hydrogen) atoms. The first kappa shape index (κ1) is 14.0. The Morgan fingerprint density at radius 1 is 1.47 bits per heavy atom. The van der Waals surface area contributed by atoms with Crippen LogP contribution in [-0.4, -0.2) is 29.3 Å². The molecular formula is C10H12BrN5O2S. The molecule has 0 aromatic carbocycles. The van der Waals surface area contributed by atoms with E-state index in [0.717, 1.165) is 11.0 Å². The fourth-order valence-corrected chi connectivity index (χ4v) is 2.78. The number of nitrogens with two attached hydrogens (primary N) is 1. The molecule has 0 radical (unpaired) electrons. The van der Waals surface area contributed by atoms with E-state index in [1.807, 2.05) is 5.38 Å². The van der Waals surface area contributed by atoms with Gasteiger partial charge in [0.25, 0.3) is 5.91 Å². The van der Waals surface area contributed by atoms with E-state index in [-0.39, 0.29) is 17.4 Å². The van der Waals surface area contributed by atoms with Crippen molar-refractivity contribution < 1.29 is 9.42 Å². The van der Waals surface area contributed by atoms with Crippen molar-refractivity contribution in [2.75, 3.05) is 18.8 Å². The van der Waals surface area contributed by atoms with Crippen molar-refractivity contribution >= 4 is 39.0 Å². The average Bonchev–Trinajstić information content (AvgIpc) is 2.97. The number of hydrogen-bond acceptors (Lipinski definition) is 7. The van der Waals surface area contributed by atoms with Crippen LogP contribution in [0.5, 0.6) is 0 Å². The molecule has 0 saturated heterocycles. The third kappa shape index (κ3) is 4.01. The number of hydrogen-bond donors (Lipinski definition) is 3. The quantitative estimate of drug-likeness (QED) is 0.674. The van der Waals surface area contributed by atoms with Gasteiger partial charge in [0.15, 0.2) is 0 Å². The highest BCUT2D eigenvalue weighted by Gasteiger charge is 2.14. The molecule has 2 rings (SSSR count). The smallest absolute Gasteiger partial charge is 0.277 e. The largest absolute Gasteiger partial charge is 0.379 e. The Bertz CT molecular complexity index is 556. The number of nitrogen functional groups attached to an aromatic ring is 1. The molecule has 0 fully saturated rings. The van der Waals surface area contributed by atoms with Gasteiger partial charge in [-0.25, -0.2) is 4.63 Å². The second-order valence-electron chi connectivity index (χ2n) is 3.66. The highest BCUT2D eigenvalue weighted by Crippen LogP contribution is 2.19. The van der Waals surface area contributed by atoms with Crippen LogP contribution < -0.4 is 16.4 Å². The maximum absolute atomic E-state index is 11.6. The zero-order valence-electron chi connectivity index (χ0n) is 9.85. The molecular weight excluding hydrogens is 334 g/mol. The van der Waals surface area contributed by atoms with Crippen molar-refractivity contribution in [1.29, 1.82) is 0 Å².